The summed E-state index contributed by atoms with van der Waals surface area (Å²) in [5.41, 5.74) is 4.18. The summed E-state index contributed by atoms with van der Waals surface area (Å²) in [4.78, 5) is 10.4. The topological polar surface area (TPSA) is 81.1 Å². The molecule has 0 N–H and O–H groups in total. The fourth-order valence-electron chi connectivity index (χ4n) is 3.64. The van der Waals surface area contributed by atoms with Crippen molar-refractivity contribution < 1.29 is 9.66 Å². The molecule has 1 aromatic heterocycles. The van der Waals surface area contributed by atoms with Gasteiger partial charge in [0.05, 0.1) is 23.1 Å². The molecular weight excluding hydrogens is 402 g/mol. The number of ether oxygens (including phenoxy) is 1. The second kappa shape index (κ2) is 9.19. The van der Waals surface area contributed by atoms with Crippen LogP contribution in [-0.2, 0) is 6.54 Å². The van der Waals surface area contributed by atoms with E-state index in [1.165, 1.54) is 12.1 Å². The van der Waals surface area contributed by atoms with Crippen molar-refractivity contribution in [2.45, 2.75) is 13.5 Å². The number of nitro groups is 1. The summed E-state index contributed by atoms with van der Waals surface area (Å²) < 4.78 is 8.02. The molecule has 0 spiro atoms. The van der Waals surface area contributed by atoms with E-state index in [-0.39, 0.29) is 5.69 Å². The zero-order chi connectivity index (χ0) is 22.5. The van der Waals surface area contributed by atoms with Gasteiger partial charge >= 0.3 is 0 Å². The Labute approximate surface area is 185 Å². The van der Waals surface area contributed by atoms with Crippen molar-refractivity contribution in [1.82, 2.24) is 4.57 Å². The largest absolute Gasteiger partial charge is 0.492 e. The number of fused-ring (bicyclic) bond motifs is 1. The zero-order valence-electron chi connectivity index (χ0n) is 17.6. The molecule has 4 rings (SSSR count). The molecular formula is C26H21N3O3. The summed E-state index contributed by atoms with van der Waals surface area (Å²) in [5.74, 6) is 0.839. The lowest BCUT2D eigenvalue weighted by atomic mass is 10.0. The number of rotatable bonds is 7. The highest BCUT2D eigenvalue weighted by Gasteiger charge is 2.10. The summed E-state index contributed by atoms with van der Waals surface area (Å²) in [6.07, 6.45) is 3.83. The first-order valence-electron chi connectivity index (χ1n) is 10.2. The van der Waals surface area contributed by atoms with Crippen molar-refractivity contribution in [3.05, 3.63) is 106 Å². The Morgan fingerprint density at radius 2 is 1.91 bits per heavy atom. The average molecular weight is 423 g/mol. The van der Waals surface area contributed by atoms with E-state index >= 15 is 0 Å². The standard InChI is InChI=1S/C26H21N3O3/c1-19-5-4-6-24(15-19)32-14-13-28-18-22(25-7-2-3-8-26(25)28)16-21(17-27)20-9-11-23(12-10-20)29(30)31/h2-12,15-16,18H,13-14H2,1H3/b21-16+. The maximum Gasteiger partial charge on any atom is 0.269 e. The minimum absolute atomic E-state index is 0.00347. The Balaban J connectivity index is 1.61. The number of allylic oxidation sites excluding steroid dienone is 1. The van der Waals surface area contributed by atoms with Crippen LogP contribution in [0.5, 0.6) is 5.75 Å². The van der Waals surface area contributed by atoms with Crippen molar-refractivity contribution in [3.8, 4) is 11.8 Å². The molecule has 32 heavy (non-hydrogen) atoms. The van der Waals surface area contributed by atoms with E-state index in [1.807, 2.05) is 67.7 Å². The molecule has 4 aromatic rings. The van der Waals surface area contributed by atoms with Crippen molar-refractivity contribution in [2.75, 3.05) is 6.61 Å². The Morgan fingerprint density at radius 1 is 1.12 bits per heavy atom. The van der Waals surface area contributed by atoms with Crippen LogP contribution in [0.2, 0.25) is 0 Å². The lowest BCUT2D eigenvalue weighted by Crippen LogP contribution is -2.07. The molecule has 0 aliphatic carbocycles. The van der Waals surface area contributed by atoms with E-state index in [0.29, 0.717) is 24.3 Å². The van der Waals surface area contributed by atoms with E-state index in [1.54, 1.807) is 12.1 Å². The highest BCUT2D eigenvalue weighted by Crippen LogP contribution is 2.27. The van der Waals surface area contributed by atoms with Crippen LogP contribution in [0.1, 0.15) is 16.7 Å². The fourth-order valence-corrected chi connectivity index (χ4v) is 3.64. The van der Waals surface area contributed by atoms with Gasteiger partial charge in [-0.05, 0) is 54.5 Å². The molecule has 0 unspecified atom stereocenters. The maximum absolute atomic E-state index is 10.9. The van der Waals surface area contributed by atoms with Gasteiger partial charge < -0.3 is 9.30 Å². The summed E-state index contributed by atoms with van der Waals surface area (Å²) in [7, 11) is 0. The fraction of sp³-hybridized carbons (Fsp3) is 0.115. The van der Waals surface area contributed by atoms with Gasteiger partial charge in [-0.1, -0.05) is 30.3 Å². The van der Waals surface area contributed by atoms with Crippen LogP contribution in [0, 0.1) is 28.4 Å². The number of para-hydroxylation sites is 1. The van der Waals surface area contributed by atoms with Crippen LogP contribution >= 0.6 is 0 Å². The van der Waals surface area contributed by atoms with Crippen LogP contribution in [0.25, 0.3) is 22.6 Å². The van der Waals surface area contributed by atoms with Crippen molar-refractivity contribution in [1.29, 1.82) is 5.26 Å². The second-order valence-corrected chi connectivity index (χ2v) is 7.43. The van der Waals surface area contributed by atoms with Gasteiger partial charge in [0, 0.05) is 34.8 Å². The smallest absolute Gasteiger partial charge is 0.269 e. The van der Waals surface area contributed by atoms with E-state index < -0.39 is 4.92 Å². The number of non-ortho nitro benzene ring substituents is 1. The van der Waals surface area contributed by atoms with E-state index in [0.717, 1.165) is 27.8 Å². The second-order valence-electron chi connectivity index (χ2n) is 7.43. The molecule has 0 atom stereocenters. The van der Waals surface area contributed by atoms with Gasteiger partial charge in [0.1, 0.15) is 12.4 Å². The lowest BCUT2D eigenvalue weighted by molar-refractivity contribution is -0.384. The number of hydrogen-bond donors (Lipinski definition) is 0. The molecule has 3 aromatic carbocycles. The van der Waals surface area contributed by atoms with Gasteiger partial charge in [-0.25, -0.2) is 0 Å². The van der Waals surface area contributed by atoms with Gasteiger partial charge in [-0.15, -0.1) is 0 Å². The van der Waals surface area contributed by atoms with Gasteiger partial charge in [-0.2, -0.15) is 5.26 Å². The monoisotopic (exact) mass is 423 g/mol. The minimum atomic E-state index is -0.452. The number of benzene rings is 3. The highest BCUT2D eigenvalue weighted by atomic mass is 16.6. The first-order chi connectivity index (χ1) is 15.5. The predicted octanol–water partition coefficient (Wildman–Crippen LogP) is 6.00. The Morgan fingerprint density at radius 3 is 2.62 bits per heavy atom. The van der Waals surface area contributed by atoms with Crippen LogP contribution in [0.15, 0.2) is 79.0 Å². The van der Waals surface area contributed by atoms with Crippen molar-refractivity contribution >= 4 is 28.2 Å². The van der Waals surface area contributed by atoms with E-state index in [4.69, 9.17) is 4.74 Å². The van der Waals surface area contributed by atoms with Crippen molar-refractivity contribution in [2.24, 2.45) is 0 Å². The SMILES string of the molecule is Cc1cccc(OCCn2cc(/C=C(\C#N)c3ccc([N+](=O)[O-])cc3)c3ccccc32)c1. The third kappa shape index (κ3) is 4.52. The Hall–Kier alpha value is -4.37. The van der Waals surface area contributed by atoms with Crippen LogP contribution in [0.3, 0.4) is 0 Å². The minimum Gasteiger partial charge on any atom is -0.492 e. The van der Waals surface area contributed by atoms with Gasteiger partial charge in [0.25, 0.3) is 5.69 Å². The predicted molar refractivity (Wildman–Crippen MR) is 125 cm³/mol. The molecule has 0 aliphatic heterocycles. The summed E-state index contributed by atoms with van der Waals surface area (Å²) in [6.45, 7) is 3.20. The first kappa shape index (κ1) is 20.9. The van der Waals surface area contributed by atoms with Crippen molar-refractivity contribution in [3.63, 3.8) is 0 Å². The van der Waals surface area contributed by atoms with E-state index in [2.05, 4.69) is 10.6 Å². The normalized spacial score (nSPS) is 11.3. The van der Waals surface area contributed by atoms with Gasteiger partial charge in [0.2, 0.25) is 0 Å². The number of aromatic nitrogens is 1. The number of nitriles is 1. The van der Waals surface area contributed by atoms with Gasteiger partial charge in [0.15, 0.2) is 0 Å². The number of hydrogen-bond acceptors (Lipinski definition) is 4. The molecule has 0 aliphatic rings. The molecule has 0 amide bonds. The first-order valence-corrected chi connectivity index (χ1v) is 10.2. The summed E-state index contributed by atoms with van der Waals surface area (Å²) >= 11 is 0. The molecule has 0 saturated carbocycles. The summed E-state index contributed by atoms with van der Waals surface area (Å²) in [5, 5.41) is 21.6. The van der Waals surface area contributed by atoms with E-state index in [9.17, 15) is 15.4 Å². The molecule has 0 saturated heterocycles. The summed E-state index contributed by atoms with van der Waals surface area (Å²) in [6, 6.07) is 24.2. The maximum atomic E-state index is 10.9. The molecule has 6 heteroatoms. The molecule has 6 nitrogen and oxygen atoms in total. The highest BCUT2D eigenvalue weighted by molar-refractivity contribution is 5.98. The van der Waals surface area contributed by atoms with Gasteiger partial charge in [-0.3, -0.25) is 10.1 Å². The third-order valence-corrected chi connectivity index (χ3v) is 5.22. The number of aryl methyl sites for hydroxylation is 1. The quantitative estimate of drug-likeness (QED) is 0.207. The number of nitrogens with zero attached hydrogens (tertiary/aromatic N) is 3. The van der Waals surface area contributed by atoms with Crippen LogP contribution < -0.4 is 4.74 Å². The number of nitro benzene ring substituents is 1. The zero-order valence-corrected chi connectivity index (χ0v) is 17.6. The molecule has 0 radical (unpaired) electrons. The average Bonchev–Trinajstić information content (AvgIpc) is 3.15. The Bertz CT molecular complexity index is 1350. The van der Waals surface area contributed by atoms with Crippen LogP contribution in [0.4, 0.5) is 5.69 Å². The lowest BCUT2D eigenvalue weighted by Gasteiger charge is -2.08. The third-order valence-electron chi connectivity index (χ3n) is 5.22. The molecule has 0 fully saturated rings. The molecule has 0 bridgehead atoms. The van der Waals surface area contributed by atoms with Crippen LogP contribution in [-0.4, -0.2) is 16.1 Å². The Kier molecular flexibility index (Phi) is 6.00. The molecule has 158 valence electrons. The molecule has 1 heterocycles.